The molecule has 0 aromatic carbocycles. The number of thioether (sulfide) groups is 1. The van der Waals surface area contributed by atoms with Gasteiger partial charge in [0.2, 0.25) is 5.91 Å². The van der Waals surface area contributed by atoms with Crippen LogP contribution in [0.3, 0.4) is 0 Å². The highest BCUT2D eigenvalue weighted by atomic mass is 32.2. The van der Waals surface area contributed by atoms with Crippen LogP contribution in [0.2, 0.25) is 0 Å². The van der Waals surface area contributed by atoms with Gasteiger partial charge in [-0.1, -0.05) is 40.0 Å². The molecule has 2 rings (SSSR count). The van der Waals surface area contributed by atoms with E-state index in [2.05, 4.69) is 17.1 Å². The lowest BCUT2D eigenvalue weighted by Gasteiger charge is -2.44. The molecule has 0 aliphatic carbocycles. The van der Waals surface area contributed by atoms with E-state index < -0.39 is 35.9 Å². The highest BCUT2D eigenvalue weighted by Gasteiger charge is 2.48. The van der Waals surface area contributed by atoms with Crippen molar-refractivity contribution < 1.29 is 30.0 Å². The SMILES string of the molecule is CCCCCC1CC(C(=O)NC(C(C)C)C2OC(SC)C(O)C(O)C2O)N(CCCO)C1. The van der Waals surface area contributed by atoms with Crippen molar-refractivity contribution in [1.29, 1.82) is 0 Å². The highest BCUT2D eigenvalue weighted by molar-refractivity contribution is 7.99. The molecule has 2 aliphatic heterocycles. The van der Waals surface area contributed by atoms with E-state index in [-0.39, 0.29) is 24.5 Å². The first kappa shape index (κ1) is 27.8. The molecular weight excluding hydrogens is 432 g/mol. The van der Waals surface area contributed by atoms with Crippen LogP contribution in [0.5, 0.6) is 0 Å². The Bertz CT molecular complexity index is 567. The van der Waals surface area contributed by atoms with Crippen molar-refractivity contribution in [3.8, 4) is 0 Å². The van der Waals surface area contributed by atoms with Crippen LogP contribution in [-0.2, 0) is 9.53 Å². The second kappa shape index (κ2) is 13.5. The monoisotopic (exact) mass is 476 g/mol. The van der Waals surface area contributed by atoms with Gasteiger partial charge in [-0.15, -0.1) is 11.8 Å². The van der Waals surface area contributed by atoms with Gasteiger partial charge in [-0.05, 0) is 37.4 Å². The van der Waals surface area contributed by atoms with E-state index in [1.165, 1.54) is 24.6 Å². The Morgan fingerprint density at radius 3 is 2.47 bits per heavy atom. The number of aliphatic hydroxyl groups is 4. The van der Waals surface area contributed by atoms with E-state index >= 15 is 0 Å². The van der Waals surface area contributed by atoms with Crippen LogP contribution in [0, 0.1) is 11.8 Å². The fourth-order valence-corrected chi connectivity index (χ4v) is 5.62. The number of nitrogens with zero attached hydrogens (tertiary/aromatic N) is 1. The molecule has 0 aromatic rings. The first-order valence-electron chi connectivity index (χ1n) is 12.1. The summed E-state index contributed by atoms with van der Waals surface area (Å²) >= 11 is 1.27. The number of hydrogen-bond donors (Lipinski definition) is 5. The molecule has 0 bridgehead atoms. The summed E-state index contributed by atoms with van der Waals surface area (Å²) in [6.07, 6.45) is 3.18. The Kier molecular flexibility index (Phi) is 11.7. The van der Waals surface area contributed by atoms with Crippen molar-refractivity contribution in [2.45, 2.75) is 101 Å². The van der Waals surface area contributed by atoms with Gasteiger partial charge in [0, 0.05) is 19.7 Å². The Hall–Kier alpha value is -0.420. The maximum atomic E-state index is 13.4. The fraction of sp³-hybridized carbons (Fsp3) is 0.957. The number of carbonyl (C=O) groups is 1. The normalized spacial score (nSPS) is 34.7. The predicted molar refractivity (Wildman–Crippen MR) is 126 cm³/mol. The Balaban J connectivity index is 2.10. The number of amides is 1. The van der Waals surface area contributed by atoms with Gasteiger partial charge in [0.25, 0.3) is 0 Å². The largest absolute Gasteiger partial charge is 0.396 e. The summed E-state index contributed by atoms with van der Waals surface area (Å²) in [5.41, 5.74) is -0.674. The molecule has 9 heteroatoms. The lowest BCUT2D eigenvalue weighted by atomic mass is 9.88. The first-order valence-corrected chi connectivity index (χ1v) is 13.4. The van der Waals surface area contributed by atoms with E-state index in [4.69, 9.17) is 4.74 Å². The predicted octanol–water partition coefficient (Wildman–Crippen LogP) is 0.951. The zero-order valence-corrected chi connectivity index (χ0v) is 20.8. The maximum absolute atomic E-state index is 13.4. The van der Waals surface area contributed by atoms with Gasteiger partial charge in [0.15, 0.2) is 0 Å². The number of hydrogen-bond acceptors (Lipinski definition) is 8. The van der Waals surface area contributed by atoms with Gasteiger partial charge in [0.1, 0.15) is 29.9 Å². The molecule has 2 fully saturated rings. The number of ether oxygens (including phenoxy) is 1. The summed E-state index contributed by atoms with van der Waals surface area (Å²) in [5.74, 6) is 0.316. The van der Waals surface area contributed by atoms with Crippen LogP contribution in [0.1, 0.15) is 59.3 Å². The maximum Gasteiger partial charge on any atom is 0.237 e. The lowest BCUT2D eigenvalue weighted by molar-refractivity contribution is -0.208. The summed E-state index contributed by atoms with van der Waals surface area (Å²) < 4.78 is 5.94. The summed E-state index contributed by atoms with van der Waals surface area (Å²) in [6, 6.07) is -0.782. The van der Waals surface area contributed by atoms with Gasteiger partial charge in [-0.25, -0.2) is 0 Å². The number of rotatable bonds is 12. The molecule has 0 saturated carbocycles. The molecular formula is C23H44N2O6S. The van der Waals surface area contributed by atoms with Crippen LogP contribution in [0.25, 0.3) is 0 Å². The molecule has 5 N–H and O–H groups in total. The molecule has 1 amide bonds. The van der Waals surface area contributed by atoms with Crippen LogP contribution >= 0.6 is 11.8 Å². The van der Waals surface area contributed by atoms with Crippen LogP contribution in [0.4, 0.5) is 0 Å². The molecule has 0 spiro atoms. The number of likely N-dealkylation sites (tertiary alicyclic amines) is 1. The minimum absolute atomic E-state index is 0.0452. The zero-order chi connectivity index (χ0) is 23.8. The molecule has 32 heavy (non-hydrogen) atoms. The average Bonchev–Trinajstić information content (AvgIpc) is 3.18. The van der Waals surface area contributed by atoms with E-state index in [1.54, 1.807) is 6.26 Å². The summed E-state index contributed by atoms with van der Waals surface area (Å²) in [6.45, 7) is 7.70. The van der Waals surface area contributed by atoms with Gasteiger partial charge >= 0.3 is 0 Å². The third kappa shape index (κ3) is 7.04. The molecule has 0 radical (unpaired) electrons. The summed E-state index contributed by atoms with van der Waals surface area (Å²) in [4.78, 5) is 15.6. The van der Waals surface area contributed by atoms with Crippen LogP contribution in [-0.4, -0.2) is 99.1 Å². The molecule has 8 nitrogen and oxygen atoms in total. The Labute approximate surface area is 197 Å². The quantitative estimate of drug-likeness (QED) is 0.264. The van der Waals surface area contributed by atoms with Crippen molar-refractivity contribution in [1.82, 2.24) is 10.2 Å². The van der Waals surface area contributed by atoms with Crippen molar-refractivity contribution >= 4 is 17.7 Å². The molecule has 2 heterocycles. The average molecular weight is 477 g/mol. The second-order valence-electron chi connectivity index (χ2n) is 9.64. The fourth-order valence-electron chi connectivity index (χ4n) is 4.94. The van der Waals surface area contributed by atoms with Gasteiger partial charge in [0.05, 0.1) is 12.1 Å². The summed E-state index contributed by atoms with van der Waals surface area (Å²) in [7, 11) is 0. The third-order valence-corrected chi connectivity index (χ3v) is 7.69. The molecule has 2 saturated heterocycles. The highest BCUT2D eigenvalue weighted by Crippen LogP contribution is 2.32. The first-order chi connectivity index (χ1) is 15.2. The Morgan fingerprint density at radius 1 is 1.16 bits per heavy atom. The minimum Gasteiger partial charge on any atom is -0.396 e. The molecule has 188 valence electrons. The standard InChI is InChI=1S/C23H44N2O6S/c1-5-6-7-9-15-12-16(25(13-15)10-8-11-26)22(30)24-17(14(2)3)21-19(28)18(27)20(29)23(31-21)32-4/h14-21,23,26-29H,5-13H2,1-4H3,(H,24,30). The van der Waals surface area contributed by atoms with Crippen molar-refractivity contribution in [2.75, 3.05) is 26.0 Å². The van der Waals surface area contributed by atoms with Crippen molar-refractivity contribution in [2.24, 2.45) is 11.8 Å². The van der Waals surface area contributed by atoms with E-state index in [0.29, 0.717) is 18.9 Å². The number of carbonyl (C=O) groups excluding carboxylic acids is 1. The number of nitrogens with one attached hydrogen (secondary N) is 1. The van der Waals surface area contributed by atoms with E-state index in [1.807, 2.05) is 13.8 Å². The summed E-state index contributed by atoms with van der Waals surface area (Å²) in [5, 5.41) is 43.5. The van der Waals surface area contributed by atoms with Gasteiger partial charge in [-0.2, -0.15) is 0 Å². The van der Waals surface area contributed by atoms with Crippen molar-refractivity contribution in [3.05, 3.63) is 0 Å². The number of aliphatic hydroxyl groups excluding tert-OH is 4. The molecule has 8 atom stereocenters. The molecule has 0 aromatic heterocycles. The van der Waals surface area contributed by atoms with E-state index in [9.17, 15) is 25.2 Å². The second-order valence-corrected chi connectivity index (χ2v) is 10.6. The minimum atomic E-state index is -1.33. The molecule has 2 aliphatic rings. The van der Waals surface area contributed by atoms with Gasteiger partial charge in [-0.3, -0.25) is 9.69 Å². The Morgan fingerprint density at radius 2 is 1.88 bits per heavy atom. The van der Waals surface area contributed by atoms with Gasteiger partial charge < -0.3 is 30.5 Å². The molecule has 8 unspecified atom stereocenters. The number of unbranched alkanes of at least 4 members (excludes halogenated alkanes) is 2. The van der Waals surface area contributed by atoms with Crippen molar-refractivity contribution in [3.63, 3.8) is 0 Å². The van der Waals surface area contributed by atoms with Crippen LogP contribution < -0.4 is 5.32 Å². The smallest absolute Gasteiger partial charge is 0.237 e. The topological polar surface area (TPSA) is 122 Å². The zero-order valence-electron chi connectivity index (χ0n) is 20.0. The van der Waals surface area contributed by atoms with E-state index in [0.717, 1.165) is 25.8 Å². The van der Waals surface area contributed by atoms with Crippen LogP contribution in [0.15, 0.2) is 0 Å². The lowest BCUT2D eigenvalue weighted by Crippen LogP contribution is -2.64. The third-order valence-electron chi connectivity index (χ3n) is 6.83.